The average molecular weight is 371 g/mol. The van der Waals surface area contributed by atoms with Gasteiger partial charge in [-0.1, -0.05) is 37.3 Å². The summed E-state index contributed by atoms with van der Waals surface area (Å²) in [5.74, 6) is -0.823. The van der Waals surface area contributed by atoms with Crippen molar-refractivity contribution in [3.63, 3.8) is 0 Å². The first-order valence-electron chi connectivity index (χ1n) is 9.08. The monoisotopic (exact) mass is 371 g/mol. The Morgan fingerprint density at radius 1 is 1.30 bits per heavy atom. The van der Waals surface area contributed by atoms with Crippen LogP contribution < -0.4 is 10.6 Å². The molecule has 0 unspecified atom stereocenters. The van der Waals surface area contributed by atoms with E-state index in [-0.39, 0.29) is 24.7 Å². The molecule has 27 heavy (non-hydrogen) atoms. The highest BCUT2D eigenvalue weighted by atomic mass is 16.4. The number of urea groups is 1. The number of carbonyl (C=O) groups is 2. The number of carboxylic acid groups (broad SMARTS) is 1. The number of aryl methyl sites for hydroxylation is 1. The van der Waals surface area contributed by atoms with Crippen LogP contribution >= 0.6 is 0 Å². The number of nitrogens with one attached hydrogen (secondary N) is 2. The lowest BCUT2D eigenvalue weighted by molar-refractivity contribution is -0.139. The van der Waals surface area contributed by atoms with Crippen LogP contribution in [0.2, 0.25) is 0 Å². The molecule has 0 saturated heterocycles. The summed E-state index contributed by atoms with van der Waals surface area (Å²) < 4.78 is 1.67. The lowest BCUT2D eigenvalue weighted by atomic mass is 9.85. The Morgan fingerprint density at radius 3 is 2.63 bits per heavy atom. The van der Waals surface area contributed by atoms with Crippen molar-refractivity contribution in [1.29, 1.82) is 0 Å². The maximum atomic E-state index is 12.4. The minimum absolute atomic E-state index is 0.0379. The molecule has 1 heterocycles. The molecule has 3 rings (SSSR count). The van der Waals surface area contributed by atoms with Crippen molar-refractivity contribution in [2.75, 3.05) is 18.4 Å². The summed E-state index contributed by atoms with van der Waals surface area (Å²) >= 11 is 0. The van der Waals surface area contributed by atoms with E-state index in [1.807, 2.05) is 49.2 Å². The summed E-state index contributed by atoms with van der Waals surface area (Å²) in [4.78, 5) is 25.2. The number of carboxylic acids is 1. The van der Waals surface area contributed by atoms with Crippen LogP contribution in [-0.4, -0.2) is 57.0 Å². The quantitative estimate of drug-likeness (QED) is 0.692. The second kappa shape index (κ2) is 8.22. The Morgan fingerprint density at radius 2 is 2.00 bits per heavy atom. The summed E-state index contributed by atoms with van der Waals surface area (Å²) in [6, 6.07) is 9.67. The zero-order chi connectivity index (χ0) is 19.4. The third-order valence-electron chi connectivity index (χ3n) is 4.83. The molecule has 0 bridgehead atoms. The third-order valence-corrected chi connectivity index (χ3v) is 4.83. The predicted octanol–water partition coefficient (Wildman–Crippen LogP) is 2.15. The van der Waals surface area contributed by atoms with Gasteiger partial charge in [-0.05, 0) is 19.4 Å². The van der Waals surface area contributed by atoms with Gasteiger partial charge in [0.25, 0.3) is 0 Å². The number of anilines is 1. The van der Waals surface area contributed by atoms with Crippen LogP contribution in [0.4, 0.5) is 10.5 Å². The van der Waals surface area contributed by atoms with Crippen molar-refractivity contribution < 1.29 is 14.7 Å². The fourth-order valence-electron chi connectivity index (χ4n) is 3.41. The summed E-state index contributed by atoms with van der Waals surface area (Å²) in [6.07, 6.45) is 3.29. The molecule has 1 aliphatic carbocycles. The second-order valence-corrected chi connectivity index (χ2v) is 6.81. The molecule has 8 heteroatoms. The molecule has 3 N–H and O–H groups in total. The average Bonchev–Trinajstić information content (AvgIpc) is 2.96. The number of nitrogens with zero attached hydrogens (tertiary/aromatic N) is 3. The molecule has 8 nitrogen and oxygen atoms in total. The molecule has 2 aromatic rings. The molecule has 0 spiro atoms. The number of hydrogen-bond donors (Lipinski definition) is 3. The number of hydrogen-bond acceptors (Lipinski definition) is 4. The molecule has 144 valence electrons. The van der Waals surface area contributed by atoms with E-state index in [2.05, 4.69) is 15.7 Å². The Bertz CT molecular complexity index is 799. The largest absolute Gasteiger partial charge is 0.480 e. The van der Waals surface area contributed by atoms with Gasteiger partial charge in [0.15, 0.2) is 0 Å². The van der Waals surface area contributed by atoms with Gasteiger partial charge in [-0.3, -0.25) is 14.4 Å². The minimum Gasteiger partial charge on any atom is -0.480 e. The topological polar surface area (TPSA) is 99.5 Å². The van der Waals surface area contributed by atoms with Crippen LogP contribution in [0.15, 0.2) is 36.5 Å². The maximum Gasteiger partial charge on any atom is 0.319 e. The Hall–Kier alpha value is -2.87. The van der Waals surface area contributed by atoms with Gasteiger partial charge in [-0.15, -0.1) is 0 Å². The van der Waals surface area contributed by atoms with Crippen molar-refractivity contribution in [2.45, 2.75) is 31.8 Å². The van der Waals surface area contributed by atoms with Crippen molar-refractivity contribution >= 4 is 17.7 Å². The molecule has 0 aliphatic heterocycles. The Balaban J connectivity index is 1.55. The molecule has 1 aromatic heterocycles. The zero-order valence-corrected chi connectivity index (χ0v) is 15.6. The van der Waals surface area contributed by atoms with E-state index in [4.69, 9.17) is 5.11 Å². The van der Waals surface area contributed by atoms with Crippen LogP contribution in [0.25, 0.3) is 11.3 Å². The molecular weight excluding hydrogens is 346 g/mol. The van der Waals surface area contributed by atoms with E-state index >= 15 is 0 Å². The third kappa shape index (κ3) is 4.65. The van der Waals surface area contributed by atoms with Crippen molar-refractivity contribution in [2.24, 2.45) is 7.05 Å². The van der Waals surface area contributed by atoms with Gasteiger partial charge in [-0.2, -0.15) is 5.10 Å². The number of rotatable bonds is 7. The van der Waals surface area contributed by atoms with Crippen LogP contribution in [0, 0.1) is 0 Å². The van der Waals surface area contributed by atoms with Gasteiger partial charge in [0, 0.05) is 30.9 Å². The first-order valence-corrected chi connectivity index (χ1v) is 9.08. The van der Waals surface area contributed by atoms with Gasteiger partial charge < -0.3 is 15.7 Å². The highest BCUT2D eigenvalue weighted by Gasteiger charge is 2.34. The van der Waals surface area contributed by atoms with Gasteiger partial charge in [0.05, 0.1) is 12.2 Å². The molecule has 1 fully saturated rings. The predicted molar refractivity (Wildman–Crippen MR) is 102 cm³/mol. The number of carbonyl (C=O) groups excluding carboxylic acids is 1. The number of aliphatic carboxylic acids is 1. The van der Waals surface area contributed by atoms with Gasteiger partial charge in [0.1, 0.15) is 5.69 Å². The standard InChI is InChI=1S/C19H25N5O3/c1-3-24(12-17(25)26)15-9-14(10-15)20-19(27)21-16-11-23(2)22-18(16)13-7-5-4-6-8-13/h4-8,11,14-15H,3,9-10,12H2,1-2H3,(H,25,26)(H2,20,21,27). The second-order valence-electron chi connectivity index (χ2n) is 6.81. The fourth-order valence-corrected chi connectivity index (χ4v) is 3.41. The molecule has 1 aliphatic rings. The molecule has 2 amide bonds. The zero-order valence-electron chi connectivity index (χ0n) is 15.6. The number of amides is 2. The normalized spacial score (nSPS) is 18.8. The molecule has 1 saturated carbocycles. The first kappa shape index (κ1) is 18.9. The Labute approximate surface area is 158 Å². The van der Waals surface area contributed by atoms with Crippen LogP contribution in [0.5, 0.6) is 0 Å². The highest BCUT2D eigenvalue weighted by molar-refractivity contribution is 5.93. The van der Waals surface area contributed by atoms with Gasteiger partial charge in [0.2, 0.25) is 0 Å². The van der Waals surface area contributed by atoms with Gasteiger partial charge in [-0.25, -0.2) is 4.79 Å². The maximum absolute atomic E-state index is 12.4. The van der Waals surface area contributed by atoms with E-state index in [1.165, 1.54) is 0 Å². The lowest BCUT2D eigenvalue weighted by Crippen LogP contribution is -2.55. The van der Waals surface area contributed by atoms with Crippen molar-refractivity contribution in [1.82, 2.24) is 20.0 Å². The van der Waals surface area contributed by atoms with Gasteiger partial charge >= 0.3 is 12.0 Å². The first-order chi connectivity index (χ1) is 13.0. The highest BCUT2D eigenvalue weighted by Crippen LogP contribution is 2.27. The summed E-state index contributed by atoms with van der Waals surface area (Å²) in [5, 5.41) is 19.2. The van der Waals surface area contributed by atoms with Crippen molar-refractivity contribution in [3.05, 3.63) is 36.5 Å². The van der Waals surface area contributed by atoms with Crippen LogP contribution in [0.3, 0.4) is 0 Å². The minimum atomic E-state index is -0.823. The summed E-state index contributed by atoms with van der Waals surface area (Å²) in [5.41, 5.74) is 2.31. The van der Waals surface area contributed by atoms with Crippen LogP contribution in [0.1, 0.15) is 19.8 Å². The molecule has 0 radical (unpaired) electrons. The molecule has 1 aromatic carbocycles. The smallest absolute Gasteiger partial charge is 0.319 e. The number of aromatic nitrogens is 2. The van der Waals surface area contributed by atoms with E-state index in [0.717, 1.165) is 24.1 Å². The lowest BCUT2D eigenvalue weighted by Gasteiger charge is -2.42. The fraction of sp³-hybridized carbons (Fsp3) is 0.421. The van der Waals surface area contributed by atoms with E-state index < -0.39 is 5.97 Å². The summed E-state index contributed by atoms with van der Waals surface area (Å²) in [7, 11) is 1.81. The van der Waals surface area contributed by atoms with E-state index in [9.17, 15) is 9.59 Å². The number of benzene rings is 1. The molecular formula is C19H25N5O3. The SMILES string of the molecule is CCN(CC(=O)O)C1CC(NC(=O)Nc2cn(C)nc2-c2ccccc2)C1. The Kier molecular flexibility index (Phi) is 5.75. The molecule has 0 atom stereocenters. The van der Waals surface area contributed by atoms with Crippen LogP contribution in [-0.2, 0) is 11.8 Å². The summed E-state index contributed by atoms with van der Waals surface area (Å²) in [6.45, 7) is 2.67. The van der Waals surface area contributed by atoms with Crippen molar-refractivity contribution in [3.8, 4) is 11.3 Å². The van der Waals surface area contributed by atoms with E-state index in [1.54, 1.807) is 10.9 Å². The van der Waals surface area contributed by atoms with E-state index in [0.29, 0.717) is 12.2 Å². The number of likely N-dealkylation sites (N-methyl/N-ethyl adjacent to an activating group) is 1.